The van der Waals surface area contributed by atoms with Crippen molar-refractivity contribution in [2.45, 2.75) is 26.7 Å². The second-order valence-electron chi connectivity index (χ2n) is 3.24. The Morgan fingerprint density at radius 1 is 1.36 bits per heavy atom. The first-order valence-corrected chi connectivity index (χ1v) is 5.02. The number of amides is 2. The molecule has 0 radical (unpaired) electrons. The van der Waals surface area contributed by atoms with Gasteiger partial charge in [0.1, 0.15) is 5.70 Å². The van der Waals surface area contributed by atoms with Crippen LogP contribution in [0.4, 0.5) is 0 Å². The third-order valence-electron chi connectivity index (χ3n) is 2.11. The monoisotopic (exact) mass is 196 g/mol. The quantitative estimate of drug-likeness (QED) is 0.657. The van der Waals surface area contributed by atoms with Crippen LogP contribution in [0.25, 0.3) is 0 Å². The molecular formula is C10H16N2O2. The summed E-state index contributed by atoms with van der Waals surface area (Å²) >= 11 is 0. The number of nitrogens with zero attached hydrogens (tertiary/aromatic N) is 1. The van der Waals surface area contributed by atoms with Gasteiger partial charge in [-0.1, -0.05) is 13.3 Å². The number of carbonyl (C=O) groups excluding carboxylic acids is 2. The Labute approximate surface area is 84.0 Å². The second kappa shape index (κ2) is 4.79. The fourth-order valence-corrected chi connectivity index (χ4v) is 1.35. The first-order valence-electron chi connectivity index (χ1n) is 5.02. The van der Waals surface area contributed by atoms with Crippen LogP contribution < -0.4 is 5.32 Å². The summed E-state index contributed by atoms with van der Waals surface area (Å²) in [5.41, 5.74) is 0.425. The summed E-state index contributed by atoms with van der Waals surface area (Å²) in [4.78, 5) is 24.2. The normalized spacial score (nSPS) is 16.1. The molecule has 0 aromatic carbocycles. The largest absolute Gasteiger partial charge is 0.381 e. The van der Waals surface area contributed by atoms with Crippen molar-refractivity contribution in [2.75, 3.05) is 13.1 Å². The summed E-state index contributed by atoms with van der Waals surface area (Å²) < 4.78 is 0. The summed E-state index contributed by atoms with van der Waals surface area (Å²) in [5.74, 6) is -0.385. The van der Waals surface area contributed by atoms with Crippen molar-refractivity contribution in [1.29, 1.82) is 0 Å². The van der Waals surface area contributed by atoms with Crippen LogP contribution in [0.15, 0.2) is 11.8 Å². The highest BCUT2D eigenvalue weighted by Gasteiger charge is 2.29. The van der Waals surface area contributed by atoms with Gasteiger partial charge in [-0.15, -0.1) is 0 Å². The number of rotatable bonds is 5. The average molecular weight is 196 g/mol. The lowest BCUT2D eigenvalue weighted by Crippen LogP contribution is -2.34. The smallest absolute Gasteiger partial charge is 0.276 e. The minimum atomic E-state index is -0.195. The van der Waals surface area contributed by atoms with Gasteiger partial charge >= 0.3 is 0 Å². The molecule has 1 rings (SSSR count). The zero-order valence-corrected chi connectivity index (χ0v) is 8.67. The molecule has 0 spiro atoms. The molecule has 0 aliphatic carbocycles. The fraction of sp³-hybridized carbons (Fsp3) is 0.600. The Balaban J connectivity index is 2.59. The molecule has 1 aliphatic rings. The standard InChI is InChI=1S/C10H16N2O2/c1-3-5-6-12-9(13)7-8(10(12)14)11-4-2/h7,11H,3-6H2,1-2H3. The zero-order valence-electron chi connectivity index (χ0n) is 8.67. The van der Waals surface area contributed by atoms with Crippen molar-refractivity contribution in [2.24, 2.45) is 0 Å². The van der Waals surface area contributed by atoms with E-state index in [0.717, 1.165) is 12.8 Å². The highest BCUT2D eigenvalue weighted by Crippen LogP contribution is 2.10. The highest BCUT2D eigenvalue weighted by molar-refractivity contribution is 6.15. The van der Waals surface area contributed by atoms with Crippen LogP contribution in [0.5, 0.6) is 0 Å². The molecule has 0 aromatic heterocycles. The van der Waals surface area contributed by atoms with Crippen LogP contribution in [0.1, 0.15) is 26.7 Å². The van der Waals surface area contributed by atoms with Crippen LogP contribution in [0, 0.1) is 0 Å². The first-order chi connectivity index (χ1) is 6.70. The van der Waals surface area contributed by atoms with E-state index < -0.39 is 0 Å². The van der Waals surface area contributed by atoms with Gasteiger partial charge in [-0.3, -0.25) is 14.5 Å². The topological polar surface area (TPSA) is 49.4 Å². The van der Waals surface area contributed by atoms with Crippen molar-refractivity contribution in [3.8, 4) is 0 Å². The minimum absolute atomic E-state index is 0.190. The molecule has 0 atom stereocenters. The van der Waals surface area contributed by atoms with E-state index in [-0.39, 0.29) is 11.8 Å². The van der Waals surface area contributed by atoms with Gasteiger partial charge in [0.2, 0.25) is 0 Å². The van der Waals surface area contributed by atoms with Crippen LogP contribution >= 0.6 is 0 Å². The summed E-state index contributed by atoms with van der Waals surface area (Å²) in [6.07, 6.45) is 3.22. The van der Waals surface area contributed by atoms with E-state index in [1.54, 1.807) is 0 Å². The summed E-state index contributed by atoms with van der Waals surface area (Å²) in [7, 11) is 0. The van der Waals surface area contributed by atoms with E-state index in [9.17, 15) is 9.59 Å². The van der Waals surface area contributed by atoms with Gasteiger partial charge < -0.3 is 5.32 Å². The van der Waals surface area contributed by atoms with Gasteiger partial charge in [-0.05, 0) is 13.3 Å². The van der Waals surface area contributed by atoms with Crippen molar-refractivity contribution in [3.63, 3.8) is 0 Å². The van der Waals surface area contributed by atoms with E-state index in [1.807, 2.05) is 13.8 Å². The predicted molar refractivity (Wildman–Crippen MR) is 53.4 cm³/mol. The van der Waals surface area contributed by atoms with E-state index >= 15 is 0 Å². The molecule has 0 saturated heterocycles. The Morgan fingerprint density at radius 2 is 2.07 bits per heavy atom. The number of nitrogens with one attached hydrogen (secondary N) is 1. The van der Waals surface area contributed by atoms with Crippen LogP contribution in [-0.2, 0) is 9.59 Å². The Kier molecular flexibility index (Phi) is 3.68. The maximum Gasteiger partial charge on any atom is 0.276 e. The lowest BCUT2D eigenvalue weighted by molar-refractivity contribution is -0.137. The molecule has 0 fully saturated rings. The van der Waals surface area contributed by atoms with E-state index in [1.165, 1.54) is 11.0 Å². The summed E-state index contributed by atoms with van der Waals surface area (Å²) in [6, 6.07) is 0. The summed E-state index contributed by atoms with van der Waals surface area (Å²) in [6.45, 7) is 5.11. The predicted octanol–water partition coefficient (Wildman–Crippen LogP) is 0.649. The molecule has 0 unspecified atom stereocenters. The lowest BCUT2D eigenvalue weighted by Gasteiger charge is -2.13. The molecule has 1 N–H and O–H groups in total. The van der Waals surface area contributed by atoms with Gasteiger partial charge in [0.25, 0.3) is 11.8 Å². The van der Waals surface area contributed by atoms with Crippen molar-refractivity contribution >= 4 is 11.8 Å². The lowest BCUT2D eigenvalue weighted by atomic mass is 10.3. The Bertz CT molecular complexity index is 271. The van der Waals surface area contributed by atoms with Gasteiger partial charge in [-0.25, -0.2) is 0 Å². The second-order valence-corrected chi connectivity index (χ2v) is 3.24. The third kappa shape index (κ3) is 2.13. The van der Waals surface area contributed by atoms with E-state index in [4.69, 9.17) is 0 Å². The molecule has 2 amide bonds. The molecule has 0 aromatic rings. The number of imide groups is 1. The average Bonchev–Trinajstić information content (AvgIpc) is 2.41. The maximum absolute atomic E-state index is 11.6. The van der Waals surface area contributed by atoms with Crippen LogP contribution in [0.2, 0.25) is 0 Å². The third-order valence-corrected chi connectivity index (χ3v) is 2.11. The highest BCUT2D eigenvalue weighted by atomic mass is 16.2. The summed E-state index contributed by atoms with van der Waals surface area (Å²) in [5, 5.41) is 2.88. The van der Waals surface area contributed by atoms with Gasteiger partial charge in [0.15, 0.2) is 0 Å². The molecular weight excluding hydrogens is 180 g/mol. The number of hydrogen-bond acceptors (Lipinski definition) is 3. The molecule has 0 saturated carbocycles. The fourth-order valence-electron chi connectivity index (χ4n) is 1.35. The minimum Gasteiger partial charge on any atom is -0.381 e. The van der Waals surface area contributed by atoms with Crippen LogP contribution in [0.3, 0.4) is 0 Å². The Hall–Kier alpha value is -1.32. The van der Waals surface area contributed by atoms with Crippen LogP contribution in [-0.4, -0.2) is 29.8 Å². The molecule has 1 heterocycles. The first kappa shape index (κ1) is 10.8. The van der Waals surface area contributed by atoms with Crippen molar-refractivity contribution < 1.29 is 9.59 Å². The maximum atomic E-state index is 11.6. The van der Waals surface area contributed by atoms with Gasteiger partial charge in [0, 0.05) is 19.2 Å². The number of likely N-dealkylation sites (N-methyl/N-ethyl adjacent to an activating group) is 1. The number of hydrogen-bond donors (Lipinski definition) is 1. The van der Waals surface area contributed by atoms with E-state index in [2.05, 4.69) is 5.32 Å². The molecule has 14 heavy (non-hydrogen) atoms. The van der Waals surface area contributed by atoms with Gasteiger partial charge in [0.05, 0.1) is 0 Å². The molecule has 78 valence electrons. The molecule has 1 aliphatic heterocycles. The molecule has 4 heteroatoms. The van der Waals surface area contributed by atoms with Crippen molar-refractivity contribution in [1.82, 2.24) is 10.2 Å². The number of carbonyl (C=O) groups is 2. The molecule has 0 bridgehead atoms. The SMILES string of the molecule is CCCCN1C(=O)C=C(NCC)C1=O. The zero-order chi connectivity index (χ0) is 10.6. The molecule has 4 nitrogen and oxygen atoms in total. The van der Waals surface area contributed by atoms with Gasteiger partial charge in [-0.2, -0.15) is 0 Å². The van der Waals surface area contributed by atoms with E-state index in [0.29, 0.717) is 18.8 Å². The number of unbranched alkanes of at least 4 members (excludes halogenated alkanes) is 1. The Morgan fingerprint density at radius 3 is 2.64 bits per heavy atom. The van der Waals surface area contributed by atoms with Crippen molar-refractivity contribution in [3.05, 3.63) is 11.8 Å².